The van der Waals surface area contributed by atoms with Crippen molar-refractivity contribution >= 4 is 11.7 Å². The molecule has 0 spiro atoms. The molecule has 0 aromatic carbocycles. The summed E-state index contributed by atoms with van der Waals surface area (Å²) in [5.41, 5.74) is 3.65. The number of carbonyl (C=O) groups excluding carboxylic acids is 1. The quantitative estimate of drug-likeness (QED) is 0.489. The van der Waals surface area contributed by atoms with Gasteiger partial charge in [0.15, 0.2) is 5.82 Å². The van der Waals surface area contributed by atoms with Crippen LogP contribution >= 0.6 is 0 Å². The maximum Gasteiger partial charge on any atom is 0.391 e. The first kappa shape index (κ1) is 24.4. The summed E-state index contributed by atoms with van der Waals surface area (Å²) in [5.74, 6) is 0.477. The molecule has 1 fully saturated rings. The summed E-state index contributed by atoms with van der Waals surface area (Å²) in [7, 11) is 1.84. The second kappa shape index (κ2) is 8.95. The van der Waals surface area contributed by atoms with E-state index in [-0.39, 0.29) is 23.6 Å². The Bertz CT molecular complexity index is 1300. The first-order valence-electron chi connectivity index (χ1n) is 12.1. The molecule has 1 aliphatic heterocycles. The molecule has 3 aromatic rings. The minimum atomic E-state index is -4.32. The number of amides is 1. The lowest BCUT2D eigenvalue weighted by molar-refractivity contribution is -0.143. The molecular formula is C25H28F3N7O. The predicted molar refractivity (Wildman–Crippen MR) is 127 cm³/mol. The summed E-state index contributed by atoms with van der Waals surface area (Å²) in [6, 6.07) is 6.16. The average Bonchev–Trinajstić information content (AvgIpc) is 3.26. The van der Waals surface area contributed by atoms with Gasteiger partial charge >= 0.3 is 6.18 Å². The number of nitrogens with zero attached hydrogens (tertiary/aromatic N) is 6. The Morgan fingerprint density at radius 3 is 2.67 bits per heavy atom. The van der Waals surface area contributed by atoms with Crippen molar-refractivity contribution in [3.05, 3.63) is 53.1 Å². The summed E-state index contributed by atoms with van der Waals surface area (Å²) < 4.78 is 40.8. The Hall–Kier alpha value is -3.34. The second-order valence-corrected chi connectivity index (χ2v) is 9.79. The van der Waals surface area contributed by atoms with Gasteiger partial charge in [0.1, 0.15) is 17.8 Å². The van der Waals surface area contributed by atoms with E-state index in [0.29, 0.717) is 30.2 Å². The van der Waals surface area contributed by atoms with Gasteiger partial charge in [0.05, 0.1) is 18.7 Å². The number of pyridine rings is 2. The third-order valence-electron chi connectivity index (χ3n) is 7.11. The largest absolute Gasteiger partial charge is 0.391 e. The second-order valence-electron chi connectivity index (χ2n) is 9.79. The standard InChI is InChI=1S/C25H28F3N7O/c1-4-15(11-25(26,27)28)35-14-30-33-22(35)18-6-5-7-21(32-18)34-13-17-16(23(34)36)10-20(24(2)8-9-24)31-19(17)12-29-3/h5-7,10,14-15,29H,4,8-9,11-13H2,1-3H3. The van der Waals surface area contributed by atoms with Crippen LogP contribution < -0.4 is 10.2 Å². The lowest BCUT2D eigenvalue weighted by atomic mass is 9.99. The van der Waals surface area contributed by atoms with Crippen LogP contribution in [0.5, 0.6) is 0 Å². The molecule has 1 aliphatic carbocycles. The number of hydrogen-bond donors (Lipinski definition) is 1. The van der Waals surface area contributed by atoms with Gasteiger partial charge in [-0.3, -0.25) is 14.7 Å². The van der Waals surface area contributed by atoms with Crippen molar-refractivity contribution in [3.63, 3.8) is 0 Å². The zero-order chi connectivity index (χ0) is 25.7. The lowest BCUT2D eigenvalue weighted by Gasteiger charge is -2.20. The number of aromatic nitrogens is 5. The van der Waals surface area contributed by atoms with Gasteiger partial charge in [0.2, 0.25) is 0 Å². The van der Waals surface area contributed by atoms with Crippen LogP contribution in [0.2, 0.25) is 0 Å². The Labute approximate surface area is 207 Å². The van der Waals surface area contributed by atoms with Crippen molar-refractivity contribution in [1.29, 1.82) is 0 Å². The van der Waals surface area contributed by atoms with E-state index in [1.54, 1.807) is 30.0 Å². The van der Waals surface area contributed by atoms with Gasteiger partial charge in [-0.25, -0.2) is 4.98 Å². The van der Waals surface area contributed by atoms with Crippen LogP contribution in [0.3, 0.4) is 0 Å². The van der Waals surface area contributed by atoms with Crippen LogP contribution in [0, 0.1) is 0 Å². The van der Waals surface area contributed by atoms with Crippen LogP contribution in [0.4, 0.5) is 19.0 Å². The minimum Gasteiger partial charge on any atom is -0.314 e. The molecule has 1 unspecified atom stereocenters. The Morgan fingerprint density at radius 1 is 1.22 bits per heavy atom. The molecule has 190 valence electrons. The van der Waals surface area contributed by atoms with Gasteiger partial charge in [-0.1, -0.05) is 19.9 Å². The number of halogens is 3. The molecule has 5 rings (SSSR count). The maximum atomic E-state index is 13.5. The molecule has 1 saturated carbocycles. The van der Waals surface area contributed by atoms with Crippen molar-refractivity contribution in [2.45, 2.75) is 70.3 Å². The smallest absolute Gasteiger partial charge is 0.314 e. The molecule has 3 aromatic heterocycles. The molecule has 4 heterocycles. The highest BCUT2D eigenvalue weighted by molar-refractivity contribution is 6.09. The van der Waals surface area contributed by atoms with E-state index in [0.717, 1.165) is 29.8 Å². The van der Waals surface area contributed by atoms with E-state index in [4.69, 9.17) is 4.98 Å². The molecule has 8 nitrogen and oxygen atoms in total. The fourth-order valence-corrected chi connectivity index (χ4v) is 4.72. The van der Waals surface area contributed by atoms with Crippen molar-refractivity contribution < 1.29 is 18.0 Å². The molecule has 2 aliphatic rings. The monoisotopic (exact) mass is 499 g/mol. The van der Waals surface area contributed by atoms with Gasteiger partial charge < -0.3 is 9.88 Å². The van der Waals surface area contributed by atoms with Crippen LogP contribution in [0.15, 0.2) is 30.6 Å². The highest BCUT2D eigenvalue weighted by Crippen LogP contribution is 2.48. The highest BCUT2D eigenvalue weighted by Gasteiger charge is 2.43. The van der Waals surface area contributed by atoms with Crippen molar-refractivity contribution in [1.82, 2.24) is 30.0 Å². The topological polar surface area (TPSA) is 88.8 Å². The van der Waals surface area contributed by atoms with Gasteiger partial charge in [0.25, 0.3) is 5.91 Å². The lowest BCUT2D eigenvalue weighted by Crippen LogP contribution is -2.24. The molecule has 0 saturated heterocycles. The number of rotatable bonds is 8. The summed E-state index contributed by atoms with van der Waals surface area (Å²) in [6.45, 7) is 4.72. The molecule has 0 bridgehead atoms. The third kappa shape index (κ3) is 4.47. The van der Waals surface area contributed by atoms with Crippen LogP contribution in [-0.2, 0) is 18.5 Å². The summed E-state index contributed by atoms with van der Waals surface area (Å²) in [6.07, 6.45) is -1.65. The Kier molecular flexibility index (Phi) is 6.06. The van der Waals surface area contributed by atoms with Crippen molar-refractivity contribution in [2.24, 2.45) is 0 Å². The van der Waals surface area contributed by atoms with E-state index in [1.165, 1.54) is 10.9 Å². The zero-order valence-electron chi connectivity index (χ0n) is 20.4. The fraction of sp³-hybridized carbons (Fsp3) is 0.480. The summed E-state index contributed by atoms with van der Waals surface area (Å²) in [5, 5.41) is 11.1. The van der Waals surface area contributed by atoms with Gasteiger partial charge in [-0.05, 0) is 44.5 Å². The highest BCUT2D eigenvalue weighted by atomic mass is 19.4. The van der Waals surface area contributed by atoms with Crippen molar-refractivity contribution in [3.8, 4) is 11.5 Å². The SMILES string of the molecule is CCC(CC(F)(F)F)n1cnnc1-c1cccc(N2Cc3c(cc(C4(C)CC4)nc3CNC)C2=O)n1. The molecule has 1 N–H and O–H groups in total. The van der Waals surface area contributed by atoms with E-state index in [2.05, 4.69) is 27.4 Å². The van der Waals surface area contributed by atoms with Crippen LogP contribution in [0.1, 0.15) is 72.9 Å². The normalized spacial score (nSPS) is 17.4. The Balaban J connectivity index is 1.48. The van der Waals surface area contributed by atoms with Gasteiger partial charge in [-0.2, -0.15) is 13.2 Å². The zero-order valence-corrected chi connectivity index (χ0v) is 20.4. The summed E-state index contributed by atoms with van der Waals surface area (Å²) >= 11 is 0. The molecule has 0 radical (unpaired) electrons. The number of nitrogens with one attached hydrogen (secondary N) is 1. The molecule has 1 amide bonds. The third-order valence-corrected chi connectivity index (χ3v) is 7.11. The van der Waals surface area contributed by atoms with Crippen LogP contribution in [-0.4, -0.2) is 43.9 Å². The van der Waals surface area contributed by atoms with Gasteiger partial charge in [-0.15, -0.1) is 10.2 Å². The number of anilines is 1. The molecule has 1 atom stereocenters. The fourth-order valence-electron chi connectivity index (χ4n) is 4.72. The van der Waals surface area contributed by atoms with Crippen molar-refractivity contribution in [2.75, 3.05) is 11.9 Å². The number of fused-ring (bicyclic) bond motifs is 1. The van der Waals surface area contributed by atoms with Crippen LogP contribution in [0.25, 0.3) is 11.5 Å². The van der Waals surface area contributed by atoms with E-state index >= 15 is 0 Å². The predicted octanol–water partition coefficient (Wildman–Crippen LogP) is 4.57. The molecule has 11 heteroatoms. The van der Waals surface area contributed by atoms with E-state index in [1.807, 2.05) is 13.1 Å². The number of hydrogen-bond acceptors (Lipinski definition) is 6. The van der Waals surface area contributed by atoms with E-state index in [9.17, 15) is 18.0 Å². The van der Waals surface area contributed by atoms with E-state index < -0.39 is 18.6 Å². The first-order valence-corrected chi connectivity index (χ1v) is 12.1. The first-order chi connectivity index (χ1) is 17.1. The molecular weight excluding hydrogens is 471 g/mol. The Morgan fingerprint density at radius 2 is 2.00 bits per heavy atom. The number of alkyl halides is 3. The summed E-state index contributed by atoms with van der Waals surface area (Å²) in [4.78, 5) is 24.6. The maximum absolute atomic E-state index is 13.5. The minimum absolute atomic E-state index is 0.0136. The van der Waals surface area contributed by atoms with Gasteiger partial charge in [0, 0.05) is 34.8 Å². The molecule has 36 heavy (non-hydrogen) atoms. The average molecular weight is 500 g/mol. The number of carbonyl (C=O) groups is 1.